The number of para-hydroxylation sites is 2. The number of nitrogens with zero attached hydrogens (tertiary/aromatic N) is 3. The zero-order valence-corrected chi connectivity index (χ0v) is 12.3. The third-order valence-corrected chi connectivity index (χ3v) is 3.61. The van der Waals surface area contributed by atoms with Crippen LogP contribution in [0.25, 0.3) is 11.0 Å². The number of imidazole rings is 1. The molecule has 1 aromatic carbocycles. The number of fused-ring (bicyclic) bond motifs is 3. The number of carbonyl (C=O) groups is 1. The third-order valence-electron chi connectivity index (χ3n) is 3.61. The summed E-state index contributed by atoms with van der Waals surface area (Å²) in [5, 5.41) is 0. The summed E-state index contributed by atoms with van der Waals surface area (Å²) >= 11 is 0. The molecule has 1 aliphatic rings. The van der Waals surface area contributed by atoms with Gasteiger partial charge in [-0.15, -0.1) is 12.4 Å². The first-order valence-corrected chi connectivity index (χ1v) is 6.74. The van der Waals surface area contributed by atoms with Crippen LogP contribution < -0.4 is 10.6 Å². The average molecular weight is 295 g/mol. The largest absolute Gasteiger partial charge is 0.320 e. The molecule has 1 aliphatic heterocycles. The Balaban J connectivity index is 0.00000147. The lowest BCUT2D eigenvalue weighted by molar-refractivity contribution is -0.119. The van der Waals surface area contributed by atoms with Crippen LogP contribution in [0, 0.1) is 0 Å². The minimum Gasteiger partial charge on any atom is -0.320 e. The van der Waals surface area contributed by atoms with E-state index in [0.717, 1.165) is 36.4 Å². The maximum absolute atomic E-state index is 12.3. The molecule has 3 rings (SSSR count). The molecule has 0 saturated carbocycles. The first-order chi connectivity index (χ1) is 9.22. The lowest BCUT2D eigenvalue weighted by Gasteiger charge is -2.18. The highest BCUT2D eigenvalue weighted by molar-refractivity contribution is 5.98. The molecule has 0 saturated heterocycles. The van der Waals surface area contributed by atoms with Crippen molar-refractivity contribution in [1.82, 2.24) is 9.55 Å². The molecule has 2 N–H and O–H groups in total. The summed E-state index contributed by atoms with van der Waals surface area (Å²) in [5.41, 5.74) is 7.94. The van der Waals surface area contributed by atoms with Crippen LogP contribution in [0.15, 0.2) is 24.3 Å². The SMILES string of the molecule is CCCC(N)C(=O)N1CCn2c1nc1ccccc12.Cl. The monoisotopic (exact) mass is 294 g/mol. The van der Waals surface area contributed by atoms with Crippen LogP contribution in [0.2, 0.25) is 0 Å². The van der Waals surface area contributed by atoms with Gasteiger partial charge in [0, 0.05) is 13.1 Å². The first-order valence-electron chi connectivity index (χ1n) is 6.74. The molecular weight excluding hydrogens is 276 g/mol. The number of hydrogen-bond acceptors (Lipinski definition) is 3. The van der Waals surface area contributed by atoms with Crippen molar-refractivity contribution >= 4 is 35.3 Å². The quantitative estimate of drug-likeness (QED) is 0.941. The van der Waals surface area contributed by atoms with E-state index in [1.54, 1.807) is 4.90 Å². The van der Waals surface area contributed by atoms with Gasteiger partial charge < -0.3 is 10.3 Å². The highest BCUT2D eigenvalue weighted by atomic mass is 35.5. The Labute approximate surface area is 124 Å². The fourth-order valence-electron chi connectivity index (χ4n) is 2.63. The fraction of sp³-hybridized carbons (Fsp3) is 0.429. The zero-order chi connectivity index (χ0) is 13.4. The number of benzene rings is 1. The van der Waals surface area contributed by atoms with Gasteiger partial charge in [-0.3, -0.25) is 9.69 Å². The molecule has 1 unspecified atom stereocenters. The predicted octanol–water partition coefficient (Wildman–Crippen LogP) is 1.93. The molecule has 1 atom stereocenters. The number of aromatic nitrogens is 2. The number of rotatable bonds is 3. The molecule has 0 fully saturated rings. The number of halogens is 1. The summed E-state index contributed by atoms with van der Waals surface area (Å²) in [5.74, 6) is 0.716. The standard InChI is InChI=1S/C14H18N4O.ClH/c1-2-5-10(15)13(19)18-9-8-17-12-7-4-3-6-11(12)16-14(17)18;/h3-4,6-7,10H,2,5,8-9,15H2,1H3;1H. The first kappa shape index (κ1) is 14.8. The van der Waals surface area contributed by atoms with Crippen molar-refractivity contribution in [3.05, 3.63) is 24.3 Å². The van der Waals surface area contributed by atoms with E-state index in [-0.39, 0.29) is 18.3 Å². The van der Waals surface area contributed by atoms with Crippen molar-refractivity contribution < 1.29 is 4.79 Å². The Hall–Kier alpha value is -1.59. The summed E-state index contributed by atoms with van der Waals surface area (Å²) in [4.78, 5) is 18.6. The lowest BCUT2D eigenvalue weighted by atomic mass is 10.1. The van der Waals surface area contributed by atoms with Crippen LogP contribution in [0.1, 0.15) is 19.8 Å². The van der Waals surface area contributed by atoms with E-state index in [2.05, 4.69) is 9.55 Å². The van der Waals surface area contributed by atoms with Crippen LogP contribution >= 0.6 is 12.4 Å². The van der Waals surface area contributed by atoms with E-state index < -0.39 is 6.04 Å². The molecule has 0 spiro atoms. The van der Waals surface area contributed by atoms with Gasteiger partial charge in [-0.2, -0.15) is 0 Å². The lowest BCUT2D eigenvalue weighted by Crippen LogP contribution is -2.43. The van der Waals surface area contributed by atoms with E-state index in [4.69, 9.17) is 5.73 Å². The maximum atomic E-state index is 12.3. The summed E-state index contributed by atoms with van der Waals surface area (Å²) in [7, 11) is 0. The van der Waals surface area contributed by atoms with Gasteiger partial charge in [0.25, 0.3) is 0 Å². The van der Waals surface area contributed by atoms with Crippen molar-refractivity contribution in [1.29, 1.82) is 0 Å². The molecule has 0 radical (unpaired) electrons. The van der Waals surface area contributed by atoms with Gasteiger partial charge in [-0.1, -0.05) is 25.5 Å². The normalized spacial score (nSPS) is 15.0. The second kappa shape index (κ2) is 5.81. The summed E-state index contributed by atoms with van der Waals surface area (Å²) < 4.78 is 2.09. The highest BCUT2D eigenvalue weighted by Crippen LogP contribution is 2.27. The van der Waals surface area contributed by atoms with E-state index in [1.165, 1.54) is 0 Å². The van der Waals surface area contributed by atoms with Crippen molar-refractivity contribution in [2.75, 3.05) is 11.4 Å². The minimum absolute atomic E-state index is 0. The van der Waals surface area contributed by atoms with Gasteiger partial charge >= 0.3 is 0 Å². The van der Waals surface area contributed by atoms with Gasteiger partial charge in [0.05, 0.1) is 17.1 Å². The van der Waals surface area contributed by atoms with Crippen molar-refractivity contribution in [3.63, 3.8) is 0 Å². The molecule has 0 bridgehead atoms. The number of anilines is 1. The number of carbonyl (C=O) groups excluding carboxylic acids is 1. The molecule has 1 amide bonds. The Morgan fingerprint density at radius 2 is 2.15 bits per heavy atom. The van der Waals surface area contributed by atoms with Crippen molar-refractivity contribution in [2.24, 2.45) is 5.73 Å². The fourth-order valence-corrected chi connectivity index (χ4v) is 2.63. The van der Waals surface area contributed by atoms with Gasteiger partial charge in [0.2, 0.25) is 11.9 Å². The van der Waals surface area contributed by atoms with Gasteiger partial charge in [0.1, 0.15) is 0 Å². The summed E-state index contributed by atoms with van der Waals surface area (Å²) in [6.45, 7) is 3.50. The predicted molar refractivity (Wildman–Crippen MR) is 82.2 cm³/mol. The Kier molecular flexibility index (Phi) is 4.30. The zero-order valence-electron chi connectivity index (χ0n) is 11.5. The maximum Gasteiger partial charge on any atom is 0.246 e. The average Bonchev–Trinajstić information content (AvgIpc) is 2.96. The third kappa shape index (κ3) is 2.27. The molecular formula is C14H19ClN4O. The van der Waals surface area contributed by atoms with E-state index in [1.807, 2.05) is 31.2 Å². The van der Waals surface area contributed by atoms with E-state index >= 15 is 0 Å². The second-order valence-corrected chi connectivity index (χ2v) is 4.94. The Morgan fingerprint density at radius 3 is 2.90 bits per heavy atom. The van der Waals surface area contributed by atoms with Gasteiger partial charge in [-0.25, -0.2) is 4.98 Å². The molecule has 6 heteroatoms. The number of nitrogens with two attached hydrogens (primary N) is 1. The molecule has 0 aliphatic carbocycles. The topological polar surface area (TPSA) is 64.2 Å². The van der Waals surface area contributed by atoms with E-state index in [9.17, 15) is 4.79 Å². The molecule has 108 valence electrons. The van der Waals surface area contributed by atoms with Crippen LogP contribution in [0.4, 0.5) is 5.95 Å². The van der Waals surface area contributed by atoms with Crippen LogP contribution in [0.3, 0.4) is 0 Å². The van der Waals surface area contributed by atoms with Gasteiger partial charge in [0.15, 0.2) is 0 Å². The molecule has 5 nitrogen and oxygen atoms in total. The molecule has 2 aromatic rings. The van der Waals surface area contributed by atoms with Crippen LogP contribution in [0.5, 0.6) is 0 Å². The van der Waals surface area contributed by atoms with Gasteiger partial charge in [-0.05, 0) is 18.6 Å². The second-order valence-electron chi connectivity index (χ2n) is 4.94. The van der Waals surface area contributed by atoms with E-state index in [0.29, 0.717) is 6.54 Å². The van der Waals surface area contributed by atoms with Crippen molar-refractivity contribution in [3.8, 4) is 0 Å². The van der Waals surface area contributed by atoms with Crippen LogP contribution in [-0.4, -0.2) is 28.0 Å². The Morgan fingerprint density at radius 1 is 1.40 bits per heavy atom. The Bertz CT molecular complexity index is 625. The van der Waals surface area contributed by atoms with Crippen molar-refractivity contribution in [2.45, 2.75) is 32.4 Å². The number of amides is 1. The molecule has 1 aromatic heterocycles. The molecule has 2 heterocycles. The highest BCUT2D eigenvalue weighted by Gasteiger charge is 2.30. The molecule has 20 heavy (non-hydrogen) atoms. The van der Waals surface area contributed by atoms with Crippen LogP contribution in [-0.2, 0) is 11.3 Å². The summed E-state index contributed by atoms with van der Waals surface area (Å²) in [6.07, 6.45) is 1.63. The number of hydrogen-bond donors (Lipinski definition) is 1. The smallest absolute Gasteiger partial charge is 0.246 e. The minimum atomic E-state index is -0.420. The summed E-state index contributed by atoms with van der Waals surface area (Å²) in [6, 6.07) is 7.53.